The molecule has 1 unspecified atom stereocenters. The summed E-state index contributed by atoms with van der Waals surface area (Å²) in [5.41, 5.74) is 2.82. The van der Waals surface area contributed by atoms with Gasteiger partial charge in [0, 0.05) is 12.0 Å². The average Bonchev–Trinajstić information content (AvgIpc) is 3.04. The van der Waals surface area contributed by atoms with Crippen molar-refractivity contribution in [3.63, 3.8) is 0 Å². The number of nitrogens with one attached hydrogen (secondary N) is 1. The van der Waals surface area contributed by atoms with Crippen LogP contribution in [-0.4, -0.2) is 23.4 Å². The molecule has 31 heavy (non-hydrogen) atoms. The lowest BCUT2D eigenvalue weighted by atomic mass is 9.84. The van der Waals surface area contributed by atoms with Crippen LogP contribution >= 0.6 is 0 Å². The molecule has 0 radical (unpaired) electrons. The Balaban J connectivity index is 1.41. The molecule has 3 amide bonds. The molecule has 0 aliphatic carbocycles. The van der Waals surface area contributed by atoms with Gasteiger partial charge in [0.25, 0.3) is 5.91 Å². The Morgan fingerprint density at radius 2 is 1.74 bits per heavy atom. The standard InChI is InChI=1S/C25H19N3O3/c26-15-19-5-1-2-6-20(19)18-11-9-17(10-12-18)16-28-23(29)25(27-24(28)30)13-14-31-22-8-4-3-7-21(22)25/h1-12H,13-14,16H2,(H,27,30). The summed E-state index contributed by atoms with van der Waals surface area (Å²) in [5, 5.41) is 12.2. The zero-order chi connectivity index (χ0) is 21.4. The predicted molar refractivity (Wildman–Crippen MR) is 114 cm³/mol. The van der Waals surface area contributed by atoms with Crippen molar-refractivity contribution in [2.24, 2.45) is 0 Å². The highest BCUT2D eigenvalue weighted by Crippen LogP contribution is 2.41. The van der Waals surface area contributed by atoms with Gasteiger partial charge in [0.2, 0.25) is 0 Å². The van der Waals surface area contributed by atoms with Gasteiger partial charge in [-0.25, -0.2) is 4.79 Å². The number of nitrogens with zero attached hydrogens (tertiary/aromatic N) is 2. The van der Waals surface area contributed by atoms with Crippen LogP contribution in [0, 0.1) is 11.3 Å². The highest BCUT2D eigenvalue weighted by atomic mass is 16.5. The van der Waals surface area contributed by atoms with Crippen LogP contribution < -0.4 is 10.1 Å². The first-order chi connectivity index (χ1) is 15.1. The second-order valence-electron chi connectivity index (χ2n) is 7.68. The van der Waals surface area contributed by atoms with E-state index in [1.54, 1.807) is 6.07 Å². The van der Waals surface area contributed by atoms with Gasteiger partial charge in [0.15, 0.2) is 5.54 Å². The van der Waals surface area contributed by atoms with Crippen LogP contribution in [0.3, 0.4) is 0 Å². The fourth-order valence-corrected chi connectivity index (χ4v) is 4.32. The van der Waals surface area contributed by atoms with Gasteiger partial charge in [0.1, 0.15) is 5.75 Å². The molecule has 2 aliphatic rings. The van der Waals surface area contributed by atoms with Crippen molar-refractivity contribution in [3.05, 3.63) is 89.5 Å². The lowest BCUT2D eigenvalue weighted by molar-refractivity contribution is -0.133. The molecule has 1 fully saturated rings. The van der Waals surface area contributed by atoms with Crippen molar-refractivity contribution in [2.75, 3.05) is 6.61 Å². The van der Waals surface area contributed by atoms with Gasteiger partial charge in [-0.15, -0.1) is 0 Å². The molecule has 2 aliphatic heterocycles. The molecule has 5 rings (SSSR count). The lowest BCUT2D eigenvalue weighted by Crippen LogP contribution is -2.47. The van der Waals surface area contributed by atoms with E-state index in [1.807, 2.05) is 66.7 Å². The van der Waals surface area contributed by atoms with Gasteiger partial charge >= 0.3 is 6.03 Å². The van der Waals surface area contributed by atoms with Crippen LogP contribution in [0.15, 0.2) is 72.8 Å². The van der Waals surface area contributed by atoms with E-state index in [0.29, 0.717) is 29.9 Å². The summed E-state index contributed by atoms with van der Waals surface area (Å²) < 4.78 is 5.68. The van der Waals surface area contributed by atoms with Gasteiger partial charge in [-0.2, -0.15) is 5.26 Å². The van der Waals surface area contributed by atoms with Crippen molar-refractivity contribution >= 4 is 11.9 Å². The number of hydrogen-bond donors (Lipinski definition) is 1. The van der Waals surface area contributed by atoms with Crippen molar-refractivity contribution in [3.8, 4) is 22.9 Å². The number of fused-ring (bicyclic) bond motifs is 2. The van der Waals surface area contributed by atoms with Crippen molar-refractivity contribution in [1.82, 2.24) is 10.2 Å². The molecule has 0 aromatic heterocycles. The van der Waals surface area contributed by atoms with Crippen LogP contribution in [0.25, 0.3) is 11.1 Å². The molecule has 1 N–H and O–H groups in total. The summed E-state index contributed by atoms with van der Waals surface area (Å²) in [5.74, 6) is 0.372. The zero-order valence-corrected chi connectivity index (χ0v) is 16.7. The first-order valence-electron chi connectivity index (χ1n) is 10.1. The largest absolute Gasteiger partial charge is 0.493 e. The third-order valence-electron chi connectivity index (χ3n) is 5.91. The smallest absolute Gasteiger partial charge is 0.325 e. The van der Waals surface area contributed by atoms with Crippen LogP contribution in [0.1, 0.15) is 23.1 Å². The third-order valence-corrected chi connectivity index (χ3v) is 5.91. The predicted octanol–water partition coefficient (Wildman–Crippen LogP) is 3.96. The molecule has 152 valence electrons. The third kappa shape index (κ3) is 3.03. The summed E-state index contributed by atoms with van der Waals surface area (Å²) in [6.07, 6.45) is 0.398. The number of carbonyl (C=O) groups is 2. The minimum atomic E-state index is -1.07. The van der Waals surface area contributed by atoms with Gasteiger partial charge in [-0.05, 0) is 28.8 Å². The van der Waals surface area contributed by atoms with E-state index in [1.165, 1.54) is 4.90 Å². The van der Waals surface area contributed by atoms with Crippen molar-refractivity contribution in [2.45, 2.75) is 18.5 Å². The Morgan fingerprint density at radius 3 is 2.55 bits per heavy atom. The van der Waals surface area contributed by atoms with Crippen LogP contribution in [0.2, 0.25) is 0 Å². The summed E-state index contributed by atoms with van der Waals surface area (Å²) in [7, 11) is 0. The Hall–Kier alpha value is -4.11. The topological polar surface area (TPSA) is 82.4 Å². The molecular weight excluding hydrogens is 390 g/mol. The number of hydrogen-bond acceptors (Lipinski definition) is 4. The minimum absolute atomic E-state index is 0.176. The Morgan fingerprint density at radius 1 is 1.00 bits per heavy atom. The number of benzene rings is 3. The number of imide groups is 1. The first kappa shape index (κ1) is 18.9. The Labute approximate surface area is 179 Å². The van der Waals surface area contributed by atoms with E-state index >= 15 is 0 Å². The summed E-state index contributed by atoms with van der Waals surface area (Å²) in [6.45, 7) is 0.541. The van der Waals surface area contributed by atoms with Crippen molar-refractivity contribution < 1.29 is 14.3 Å². The van der Waals surface area contributed by atoms with E-state index in [-0.39, 0.29) is 12.5 Å². The molecule has 3 aromatic carbocycles. The van der Waals surface area contributed by atoms with E-state index in [4.69, 9.17) is 4.74 Å². The van der Waals surface area contributed by atoms with Crippen LogP contribution in [0.5, 0.6) is 5.75 Å². The molecule has 1 atom stereocenters. The average molecular weight is 409 g/mol. The van der Waals surface area contributed by atoms with Gasteiger partial charge in [-0.3, -0.25) is 9.69 Å². The molecule has 6 heteroatoms. The zero-order valence-electron chi connectivity index (χ0n) is 16.7. The second-order valence-corrected chi connectivity index (χ2v) is 7.68. The number of amides is 3. The number of para-hydroxylation sites is 1. The fraction of sp³-hybridized carbons (Fsp3) is 0.160. The first-order valence-corrected chi connectivity index (χ1v) is 10.1. The van der Waals surface area contributed by atoms with E-state index in [2.05, 4.69) is 11.4 Å². The number of carbonyl (C=O) groups excluding carboxylic acids is 2. The van der Waals surface area contributed by atoms with Gasteiger partial charge in [0.05, 0.1) is 24.8 Å². The molecule has 3 aromatic rings. The summed E-state index contributed by atoms with van der Waals surface area (Å²) >= 11 is 0. The lowest BCUT2D eigenvalue weighted by Gasteiger charge is -2.33. The van der Waals surface area contributed by atoms with Gasteiger partial charge < -0.3 is 10.1 Å². The normalized spacial score (nSPS) is 19.5. The quantitative estimate of drug-likeness (QED) is 0.664. The molecule has 6 nitrogen and oxygen atoms in total. The molecular formula is C25H19N3O3. The molecule has 0 bridgehead atoms. The molecule has 1 saturated heterocycles. The SMILES string of the molecule is N#Cc1ccccc1-c1ccc(CN2C(=O)NC3(CCOc4ccccc43)C2=O)cc1. The monoisotopic (exact) mass is 409 g/mol. The maximum atomic E-state index is 13.4. The van der Waals surface area contributed by atoms with E-state index in [9.17, 15) is 14.9 Å². The van der Waals surface area contributed by atoms with Crippen molar-refractivity contribution in [1.29, 1.82) is 5.26 Å². The van der Waals surface area contributed by atoms with E-state index < -0.39 is 11.6 Å². The Bertz CT molecular complexity index is 1230. The highest BCUT2D eigenvalue weighted by molar-refractivity contribution is 6.07. The minimum Gasteiger partial charge on any atom is -0.493 e. The van der Waals surface area contributed by atoms with Crippen LogP contribution in [-0.2, 0) is 16.9 Å². The van der Waals surface area contributed by atoms with E-state index in [0.717, 1.165) is 16.7 Å². The number of ether oxygens (including phenoxy) is 1. The van der Waals surface area contributed by atoms with Crippen LogP contribution in [0.4, 0.5) is 4.79 Å². The fourth-order valence-electron chi connectivity index (χ4n) is 4.32. The highest BCUT2D eigenvalue weighted by Gasteiger charge is 2.54. The summed E-state index contributed by atoms with van der Waals surface area (Å²) in [4.78, 5) is 27.4. The van der Waals surface area contributed by atoms with Gasteiger partial charge in [-0.1, -0.05) is 60.7 Å². The Kier molecular flexibility index (Phi) is 4.45. The number of urea groups is 1. The second kappa shape index (κ2) is 7.29. The molecule has 2 heterocycles. The summed E-state index contributed by atoms with van der Waals surface area (Å²) in [6, 6.07) is 24.1. The molecule has 0 saturated carbocycles. The maximum absolute atomic E-state index is 13.4. The maximum Gasteiger partial charge on any atom is 0.325 e. The molecule has 1 spiro atoms. The number of rotatable bonds is 3. The number of nitriles is 1.